The second-order valence-electron chi connectivity index (χ2n) is 7.86. The van der Waals surface area contributed by atoms with Gasteiger partial charge >= 0.3 is 0 Å². The molecule has 2 aliphatic rings. The van der Waals surface area contributed by atoms with Crippen LogP contribution in [0.3, 0.4) is 0 Å². The number of rotatable bonds is 4. The Hall–Kier alpha value is -1.89. The van der Waals surface area contributed by atoms with Crippen molar-refractivity contribution in [3.8, 4) is 0 Å². The molecule has 2 aromatic rings. The van der Waals surface area contributed by atoms with Crippen LogP contribution in [0.2, 0.25) is 5.02 Å². The van der Waals surface area contributed by atoms with Gasteiger partial charge in [-0.3, -0.25) is 4.79 Å². The van der Waals surface area contributed by atoms with Gasteiger partial charge in [-0.2, -0.15) is 4.31 Å². The average molecular weight is 433 g/mol. The summed E-state index contributed by atoms with van der Waals surface area (Å²) in [6.07, 6.45) is 4.14. The standard InChI is InChI=1S/C22H25ClN2O3S/c23-17-10-12-19(13-11-17)29(27,28)25-18(14-16-6-2-1-3-7-16)15-20-21(25)8-4-5-9-22(26)24-20/h1-3,6-7,10-13,18,20-21H,4-5,8-9,14-15H2,(H,24,26)/t18-,20+,21-/m1/s1. The zero-order valence-corrected chi connectivity index (χ0v) is 17.7. The molecule has 5 nitrogen and oxygen atoms in total. The Morgan fingerprint density at radius 1 is 1.03 bits per heavy atom. The number of nitrogens with one attached hydrogen (secondary N) is 1. The number of carbonyl (C=O) groups is 1. The van der Waals surface area contributed by atoms with E-state index < -0.39 is 10.0 Å². The van der Waals surface area contributed by atoms with Gasteiger partial charge in [-0.15, -0.1) is 0 Å². The summed E-state index contributed by atoms with van der Waals surface area (Å²) < 4.78 is 29.0. The third-order valence-corrected chi connectivity index (χ3v) is 8.12. The van der Waals surface area contributed by atoms with Gasteiger partial charge in [0.15, 0.2) is 0 Å². The summed E-state index contributed by atoms with van der Waals surface area (Å²) in [4.78, 5) is 12.5. The molecule has 154 valence electrons. The third-order valence-electron chi connectivity index (χ3n) is 5.88. The molecule has 3 atom stereocenters. The van der Waals surface area contributed by atoms with Crippen LogP contribution in [0, 0.1) is 0 Å². The van der Waals surface area contributed by atoms with Gasteiger partial charge in [-0.1, -0.05) is 48.4 Å². The first-order chi connectivity index (χ1) is 13.9. The van der Waals surface area contributed by atoms with Crippen LogP contribution >= 0.6 is 11.6 Å². The minimum absolute atomic E-state index is 0.0175. The topological polar surface area (TPSA) is 66.5 Å². The quantitative estimate of drug-likeness (QED) is 0.799. The zero-order valence-electron chi connectivity index (χ0n) is 16.1. The molecule has 0 unspecified atom stereocenters. The zero-order chi connectivity index (χ0) is 20.4. The van der Waals surface area contributed by atoms with Gasteiger partial charge in [-0.05, 0) is 55.5 Å². The lowest BCUT2D eigenvalue weighted by molar-refractivity contribution is -0.122. The molecule has 0 aromatic heterocycles. The Labute approximate surface area is 177 Å². The molecule has 0 spiro atoms. The number of benzene rings is 2. The number of nitrogens with zero attached hydrogens (tertiary/aromatic N) is 1. The molecule has 2 aliphatic heterocycles. The number of halogens is 1. The molecule has 0 radical (unpaired) electrons. The Kier molecular flexibility index (Phi) is 5.95. The monoisotopic (exact) mass is 432 g/mol. The number of sulfonamides is 1. The van der Waals surface area contributed by atoms with E-state index in [-0.39, 0.29) is 28.9 Å². The van der Waals surface area contributed by atoms with E-state index in [1.807, 2.05) is 30.3 Å². The highest BCUT2D eigenvalue weighted by molar-refractivity contribution is 7.89. The van der Waals surface area contributed by atoms with Crippen molar-refractivity contribution in [1.29, 1.82) is 0 Å². The molecule has 1 amide bonds. The smallest absolute Gasteiger partial charge is 0.243 e. The summed E-state index contributed by atoms with van der Waals surface area (Å²) in [5.41, 5.74) is 1.09. The van der Waals surface area contributed by atoms with Gasteiger partial charge in [0.2, 0.25) is 15.9 Å². The van der Waals surface area contributed by atoms with Gasteiger partial charge in [0.05, 0.1) is 4.90 Å². The van der Waals surface area contributed by atoms with Crippen molar-refractivity contribution in [3.05, 3.63) is 65.2 Å². The maximum Gasteiger partial charge on any atom is 0.243 e. The number of hydrogen-bond acceptors (Lipinski definition) is 3. The van der Waals surface area contributed by atoms with Crippen molar-refractivity contribution in [1.82, 2.24) is 9.62 Å². The molecule has 2 aromatic carbocycles. The lowest BCUT2D eigenvalue weighted by Crippen LogP contribution is -2.48. The highest BCUT2D eigenvalue weighted by Crippen LogP contribution is 2.36. The molecule has 4 rings (SSSR count). The first kappa shape index (κ1) is 20.4. The third kappa shape index (κ3) is 4.34. The summed E-state index contributed by atoms with van der Waals surface area (Å²) in [6.45, 7) is 0. The van der Waals surface area contributed by atoms with Crippen molar-refractivity contribution < 1.29 is 13.2 Å². The number of fused-ring (bicyclic) bond motifs is 1. The summed E-state index contributed by atoms with van der Waals surface area (Å²) in [6, 6.07) is 15.7. The fourth-order valence-corrected chi connectivity index (χ4v) is 6.58. The first-order valence-electron chi connectivity index (χ1n) is 10.1. The van der Waals surface area contributed by atoms with Gasteiger partial charge in [0.1, 0.15) is 0 Å². The summed E-state index contributed by atoms with van der Waals surface area (Å²) in [5.74, 6) is 0.0175. The minimum atomic E-state index is -3.72. The number of amides is 1. The van der Waals surface area contributed by atoms with E-state index in [1.54, 1.807) is 28.6 Å². The summed E-state index contributed by atoms with van der Waals surface area (Å²) in [7, 11) is -3.72. The Bertz CT molecular complexity index is 963. The Morgan fingerprint density at radius 3 is 2.48 bits per heavy atom. The van der Waals surface area contributed by atoms with Crippen molar-refractivity contribution in [2.24, 2.45) is 0 Å². The van der Waals surface area contributed by atoms with Gasteiger partial charge < -0.3 is 5.32 Å². The van der Waals surface area contributed by atoms with E-state index in [2.05, 4.69) is 5.32 Å². The van der Waals surface area contributed by atoms with Crippen LogP contribution in [0.25, 0.3) is 0 Å². The first-order valence-corrected chi connectivity index (χ1v) is 11.9. The second kappa shape index (κ2) is 8.46. The second-order valence-corrected chi connectivity index (χ2v) is 10.1. The maximum atomic E-state index is 13.7. The molecule has 7 heteroatoms. The lowest BCUT2D eigenvalue weighted by Gasteiger charge is -2.32. The molecule has 0 bridgehead atoms. The van der Waals surface area contributed by atoms with Crippen LogP contribution in [0.15, 0.2) is 59.5 Å². The molecule has 29 heavy (non-hydrogen) atoms. The van der Waals surface area contributed by atoms with Crippen LogP contribution in [0.4, 0.5) is 0 Å². The number of carbonyl (C=O) groups excluding carboxylic acids is 1. The number of hydrogen-bond donors (Lipinski definition) is 1. The Morgan fingerprint density at radius 2 is 1.76 bits per heavy atom. The SMILES string of the molecule is O=C1CCCC[C@@H]2[C@H](C[C@@H](Cc3ccccc3)N2S(=O)(=O)c2ccc(Cl)cc2)N1. The molecule has 0 aliphatic carbocycles. The molecule has 1 N–H and O–H groups in total. The Balaban J connectivity index is 1.72. The molecule has 2 saturated heterocycles. The fourth-order valence-electron chi connectivity index (χ4n) is 4.57. The van der Waals surface area contributed by atoms with E-state index in [0.29, 0.717) is 24.3 Å². The summed E-state index contributed by atoms with van der Waals surface area (Å²) >= 11 is 5.97. The van der Waals surface area contributed by atoms with Crippen molar-refractivity contribution in [3.63, 3.8) is 0 Å². The van der Waals surface area contributed by atoms with Crippen molar-refractivity contribution >= 4 is 27.5 Å². The average Bonchev–Trinajstić information content (AvgIpc) is 3.01. The van der Waals surface area contributed by atoms with Crippen LogP contribution in [0.5, 0.6) is 0 Å². The van der Waals surface area contributed by atoms with Crippen molar-refractivity contribution in [2.75, 3.05) is 0 Å². The lowest BCUT2D eigenvalue weighted by atomic mass is 9.98. The fraction of sp³-hybridized carbons (Fsp3) is 0.409. The van der Waals surface area contributed by atoms with Crippen LogP contribution in [-0.4, -0.2) is 36.8 Å². The molecular weight excluding hydrogens is 408 g/mol. The van der Waals surface area contributed by atoms with Crippen molar-refractivity contribution in [2.45, 2.75) is 61.5 Å². The van der Waals surface area contributed by atoms with Gasteiger partial charge in [-0.25, -0.2) is 8.42 Å². The maximum absolute atomic E-state index is 13.7. The highest BCUT2D eigenvalue weighted by atomic mass is 35.5. The van der Waals surface area contributed by atoms with Crippen LogP contribution in [0.1, 0.15) is 37.7 Å². The van der Waals surface area contributed by atoms with E-state index in [4.69, 9.17) is 11.6 Å². The van der Waals surface area contributed by atoms with E-state index >= 15 is 0 Å². The highest BCUT2D eigenvalue weighted by Gasteiger charge is 2.48. The molecular formula is C22H25ClN2O3S. The van der Waals surface area contributed by atoms with Crippen LogP contribution in [-0.2, 0) is 21.2 Å². The normalized spacial score (nSPS) is 25.7. The minimum Gasteiger partial charge on any atom is -0.352 e. The van der Waals surface area contributed by atoms with Gasteiger partial charge in [0.25, 0.3) is 0 Å². The molecule has 2 fully saturated rings. The summed E-state index contributed by atoms with van der Waals surface area (Å²) in [5, 5.41) is 3.60. The predicted molar refractivity (Wildman–Crippen MR) is 113 cm³/mol. The molecule has 0 saturated carbocycles. The largest absolute Gasteiger partial charge is 0.352 e. The van der Waals surface area contributed by atoms with E-state index in [0.717, 1.165) is 24.8 Å². The van der Waals surface area contributed by atoms with Gasteiger partial charge in [0, 0.05) is 29.6 Å². The van der Waals surface area contributed by atoms with Crippen LogP contribution < -0.4 is 5.32 Å². The molecule has 2 heterocycles. The predicted octanol–water partition coefficient (Wildman–Crippen LogP) is 3.77. The van der Waals surface area contributed by atoms with E-state index in [1.165, 1.54) is 0 Å². The van der Waals surface area contributed by atoms with E-state index in [9.17, 15) is 13.2 Å².